The standard InChI is InChI=1S/C20H20ClN3O2S/c21-19-16(24-11-12-27-20(24)22-19)8-9-18(26)23-10-4-7-15(23)13-17(25)14-5-2-1-3-6-14/h1-3,5-6,8-9,11-12,15,17,25H,4,7,10,13H2/b9-8+/t15-,17-/m1/s1. The molecule has 140 valence electrons. The minimum atomic E-state index is -0.566. The van der Waals surface area contributed by atoms with Crippen LogP contribution in [0.1, 0.15) is 36.6 Å². The van der Waals surface area contributed by atoms with Crippen LogP contribution < -0.4 is 0 Å². The number of aliphatic hydroxyl groups excluding tert-OH is 1. The van der Waals surface area contributed by atoms with E-state index in [2.05, 4.69) is 4.98 Å². The highest BCUT2D eigenvalue weighted by molar-refractivity contribution is 7.15. The Balaban J connectivity index is 1.46. The number of rotatable bonds is 5. The first-order valence-electron chi connectivity index (χ1n) is 8.96. The number of carbonyl (C=O) groups excluding carboxylic acids is 1. The molecule has 0 unspecified atom stereocenters. The summed E-state index contributed by atoms with van der Waals surface area (Å²) in [5.41, 5.74) is 1.60. The van der Waals surface area contributed by atoms with Crippen molar-refractivity contribution in [1.82, 2.24) is 14.3 Å². The van der Waals surface area contributed by atoms with Gasteiger partial charge in [0.2, 0.25) is 5.91 Å². The largest absolute Gasteiger partial charge is 0.388 e. The molecule has 4 rings (SSSR count). The number of halogens is 1. The lowest BCUT2D eigenvalue weighted by Gasteiger charge is -2.25. The van der Waals surface area contributed by atoms with E-state index in [1.165, 1.54) is 11.3 Å². The smallest absolute Gasteiger partial charge is 0.246 e. The number of aliphatic hydroxyl groups is 1. The van der Waals surface area contributed by atoms with Crippen molar-refractivity contribution in [3.63, 3.8) is 0 Å². The molecular weight excluding hydrogens is 382 g/mol. The Labute approximate surface area is 166 Å². The first kappa shape index (κ1) is 18.2. The van der Waals surface area contributed by atoms with Crippen LogP contribution in [0.25, 0.3) is 11.0 Å². The number of thiazole rings is 1. The van der Waals surface area contributed by atoms with E-state index in [9.17, 15) is 9.90 Å². The molecule has 0 radical (unpaired) electrons. The number of amides is 1. The number of aromatic nitrogens is 2. The molecule has 0 saturated carbocycles. The lowest BCUT2D eigenvalue weighted by molar-refractivity contribution is -0.127. The summed E-state index contributed by atoms with van der Waals surface area (Å²) in [5, 5.41) is 12.8. The van der Waals surface area contributed by atoms with E-state index in [4.69, 9.17) is 11.6 Å². The summed E-state index contributed by atoms with van der Waals surface area (Å²) >= 11 is 7.68. The summed E-state index contributed by atoms with van der Waals surface area (Å²) < 4.78 is 1.87. The van der Waals surface area contributed by atoms with Gasteiger partial charge in [0.15, 0.2) is 10.1 Å². The monoisotopic (exact) mass is 401 g/mol. The Bertz CT molecular complexity index is 966. The van der Waals surface area contributed by atoms with Gasteiger partial charge in [-0.1, -0.05) is 41.9 Å². The van der Waals surface area contributed by atoms with Crippen molar-refractivity contribution >= 4 is 39.9 Å². The highest BCUT2D eigenvalue weighted by Gasteiger charge is 2.29. The average molecular weight is 402 g/mol. The maximum Gasteiger partial charge on any atom is 0.246 e. The van der Waals surface area contributed by atoms with Crippen LogP contribution >= 0.6 is 22.9 Å². The van der Waals surface area contributed by atoms with Crippen LogP contribution in [-0.2, 0) is 4.79 Å². The average Bonchev–Trinajstić information content (AvgIpc) is 3.37. The van der Waals surface area contributed by atoms with Gasteiger partial charge in [-0.2, -0.15) is 0 Å². The van der Waals surface area contributed by atoms with Crippen LogP contribution in [-0.4, -0.2) is 37.9 Å². The third kappa shape index (κ3) is 3.78. The molecule has 27 heavy (non-hydrogen) atoms. The first-order chi connectivity index (χ1) is 13.1. The van der Waals surface area contributed by atoms with Crippen molar-refractivity contribution in [2.24, 2.45) is 0 Å². The molecule has 7 heteroatoms. The number of likely N-dealkylation sites (tertiary alicyclic amines) is 1. The van der Waals surface area contributed by atoms with Crippen molar-refractivity contribution < 1.29 is 9.90 Å². The van der Waals surface area contributed by atoms with Crippen LogP contribution in [0.15, 0.2) is 48.0 Å². The van der Waals surface area contributed by atoms with Crippen molar-refractivity contribution in [1.29, 1.82) is 0 Å². The summed E-state index contributed by atoms with van der Waals surface area (Å²) in [5.74, 6) is -0.0565. The Hall–Kier alpha value is -2.15. The van der Waals surface area contributed by atoms with Gasteiger partial charge in [-0.05, 0) is 30.9 Å². The number of benzene rings is 1. The molecule has 0 spiro atoms. The molecule has 1 aliphatic heterocycles. The predicted molar refractivity (Wildman–Crippen MR) is 108 cm³/mol. The van der Waals surface area contributed by atoms with Gasteiger partial charge >= 0.3 is 0 Å². The van der Waals surface area contributed by atoms with Gasteiger partial charge in [0, 0.05) is 30.2 Å². The second-order valence-corrected chi connectivity index (χ2v) is 7.90. The maximum atomic E-state index is 12.7. The van der Waals surface area contributed by atoms with Crippen molar-refractivity contribution in [3.8, 4) is 0 Å². The van der Waals surface area contributed by atoms with E-state index in [0.29, 0.717) is 23.8 Å². The SMILES string of the molecule is O=C(/C=C/c1c(Cl)nc2sccn12)N1CCC[C@@H]1C[C@@H](O)c1ccccc1. The van der Waals surface area contributed by atoms with Crippen LogP contribution in [0, 0.1) is 0 Å². The third-order valence-electron chi connectivity index (χ3n) is 4.98. The van der Waals surface area contributed by atoms with Gasteiger partial charge in [0.05, 0.1) is 11.8 Å². The second kappa shape index (κ2) is 7.84. The molecule has 1 fully saturated rings. The van der Waals surface area contributed by atoms with Gasteiger partial charge < -0.3 is 10.0 Å². The van der Waals surface area contributed by atoms with E-state index in [0.717, 1.165) is 23.4 Å². The summed E-state index contributed by atoms with van der Waals surface area (Å²) in [6.07, 6.45) is 7.01. The molecule has 1 aromatic carbocycles. The van der Waals surface area contributed by atoms with E-state index in [1.54, 1.807) is 12.2 Å². The fourth-order valence-electron chi connectivity index (χ4n) is 3.61. The number of nitrogens with zero attached hydrogens (tertiary/aromatic N) is 3. The minimum absolute atomic E-state index is 0.0411. The molecule has 3 heterocycles. The fraction of sp³-hybridized carbons (Fsp3) is 0.300. The second-order valence-electron chi connectivity index (χ2n) is 6.67. The maximum absolute atomic E-state index is 12.7. The number of carbonyl (C=O) groups is 1. The normalized spacial score (nSPS) is 18.6. The summed E-state index contributed by atoms with van der Waals surface area (Å²) in [6.45, 7) is 0.712. The van der Waals surface area contributed by atoms with E-state index in [1.807, 2.05) is 51.2 Å². The Kier molecular flexibility index (Phi) is 5.29. The molecule has 2 aromatic heterocycles. The zero-order chi connectivity index (χ0) is 18.8. The minimum Gasteiger partial charge on any atom is -0.388 e. The number of hydrogen-bond acceptors (Lipinski definition) is 4. The van der Waals surface area contributed by atoms with Gasteiger partial charge in [0.1, 0.15) is 0 Å². The number of imidazole rings is 1. The summed E-state index contributed by atoms with van der Waals surface area (Å²) in [6, 6.07) is 9.63. The molecule has 0 bridgehead atoms. The van der Waals surface area contributed by atoms with Gasteiger partial charge in [-0.15, -0.1) is 11.3 Å². The van der Waals surface area contributed by atoms with E-state index in [-0.39, 0.29) is 11.9 Å². The molecule has 2 atom stereocenters. The molecule has 1 amide bonds. The van der Waals surface area contributed by atoms with Crippen LogP contribution in [0.5, 0.6) is 0 Å². The molecule has 3 aromatic rings. The first-order valence-corrected chi connectivity index (χ1v) is 10.2. The van der Waals surface area contributed by atoms with Crippen molar-refractivity contribution in [2.45, 2.75) is 31.4 Å². The topological polar surface area (TPSA) is 57.8 Å². The van der Waals surface area contributed by atoms with Gasteiger partial charge in [-0.25, -0.2) is 4.98 Å². The number of hydrogen-bond donors (Lipinski definition) is 1. The third-order valence-corrected chi connectivity index (χ3v) is 6.01. The highest BCUT2D eigenvalue weighted by atomic mass is 35.5. The molecule has 1 saturated heterocycles. The molecular formula is C20H20ClN3O2S. The zero-order valence-electron chi connectivity index (χ0n) is 14.7. The highest BCUT2D eigenvalue weighted by Crippen LogP contribution is 2.28. The van der Waals surface area contributed by atoms with E-state index >= 15 is 0 Å². The van der Waals surface area contributed by atoms with Crippen molar-refractivity contribution in [2.75, 3.05) is 6.54 Å². The Morgan fingerprint density at radius 2 is 2.22 bits per heavy atom. The van der Waals surface area contributed by atoms with E-state index < -0.39 is 6.10 Å². The predicted octanol–water partition coefficient (Wildman–Crippen LogP) is 4.18. The molecule has 1 aliphatic rings. The lowest BCUT2D eigenvalue weighted by Crippen LogP contribution is -2.35. The molecule has 5 nitrogen and oxygen atoms in total. The van der Waals surface area contributed by atoms with Gasteiger partial charge in [-0.3, -0.25) is 9.20 Å². The lowest BCUT2D eigenvalue weighted by atomic mass is 10.0. The van der Waals surface area contributed by atoms with Gasteiger partial charge in [0.25, 0.3) is 0 Å². The number of fused-ring (bicyclic) bond motifs is 1. The quantitative estimate of drug-likeness (QED) is 0.652. The fourth-order valence-corrected chi connectivity index (χ4v) is 4.62. The van der Waals surface area contributed by atoms with Crippen LogP contribution in [0.3, 0.4) is 0 Å². The molecule has 0 aliphatic carbocycles. The van der Waals surface area contributed by atoms with Crippen molar-refractivity contribution in [3.05, 3.63) is 64.4 Å². The zero-order valence-corrected chi connectivity index (χ0v) is 16.2. The Morgan fingerprint density at radius 1 is 1.41 bits per heavy atom. The summed E-state index contributed by atoms with van der Waals surface area (Å²) in [4.78, 5) is 19.7. The summed E-state index contributed by atoms with van der Waals surface area (Å²) in [7, 11) is 0. The molecule has 1 N–H and O–H groups in total. The Morgan fingerprint density at radius 3 is 3.04 bits per heavy atom. The van der Waals surface area contributed by atoms with Crippen LogP contribution in [0.4, 0.5) is 0 Å². The van der Waals surface area contributed by atoms with Crippen LogP contribution in [0.2, 0.25) is 5.15 Å².